The molecule has 0 atom stereocenters. The molecule has 2 amide bonds. The van der Waals surface area contributed by atoms with Crippen molar-refractivity contribution in [2.45, 2.75) is 13.3 Å². The highest BCUT2D eigenvalue weighted by Crippen LogP contribution is 2.29. The monoisotopic (exact) mass is 546 g/mol. The van der Waals surface area contributed by atoms with Crippen LogP contribution in [0.2, 0.25) is 0 Å². The van der Waals surface area contributed by atoms with Crippen molar-refractivity contribution < 1.29 is 9.53 Å². The molecule has 5 rings (SSSR count). The Hall–Kier alpha value is -3.75. The van der Waals surface area contributed by atoms with Gasteiger partial charge in [0, 0.05) is 56.4 Å². The molecule has 0 aliphatic carbocycles. The maximum Gasteiger partial charge on any atom is 0.319 e. The average molecular weight is 547 g/mol. The molecule has 1 saturated heterocycles. The lowest BCUT2D eigenvalue weighted by atomic mass is 10.1. The zero-order valence-electron chi connectivity index (χ0n) is 22.3. The Bertz CT molecular complexity index is 1360. The first kappa shape index (κ1) is 26.8. The topological polar surface area (TPSA) is 85.5 Å². The van der Waals surface area contributed by atoms with E-state index in [1.54, 1.807) is 0 Å². The third-order valence-electron chi connectivity index (χ3n) is 7.01. The van der Waals surface area contributed by atoms with Crippen molar-refractivity contribution in [3.8, 4) is 17.1 Å². The number of carbonyl (C=O) groups is 1. The number of fused-ring (bicyclic) bond motifs is 1. The number of alkyl halides is 1. The molecule has 4 aromatic rings. The number of para-hydroxylation sites is 1. The number of nitrogens with zero attached hydrogens (tertiary/aromatic N) is 3. The van der Waals surface area contributed by atoms with E-state index in [4.69, 9.17) is 21.3 Å². The van der Waals surface area contributed by atoms with Crippen molar-refractivity contribution in [3.63, 3.8) is 0 Å². The van der Waals surface area contributed by atoms with Gasteiger partial charge >= 0.3 is 6.03 Å². The second kappa shape index (κ2) is 12.9. The second-order valence-electron chi connectivity index (χ2n) is 9.58. The number of urea groups is 1. The fourth-order valence-electron chi connectivity index (χ4n) is 4.78. The number of piperazine rings is 1. The number of carbonyl (C=O) groups excluding carboxylic acids is 1. The molecule has 0 saturated carbocycles. The van der Waals surface area contributed by atoms with Gasteiger partial charge < -0.3 is 25.3 Å². The third kappa shape index (κ3) is 6.82. The molecule has 0 radical (unpaired) electrons. The van der Waals surface area contributed by atoms with Crippen LogP contribution in [0.3, 0.4) is 0 Å². The Labute approximate surface area is 234 Å². The summed E-state index contributed by atoms with van der Waals surface area (Å²) in [6.07, 6.45) is 1.03. The van der Waals surface area contributed by atoms with Gasteiger partial charge in [0.15, 0.2) is 0 Å². The van der Waals surface area contributed by atoms with Crippen LogP contribution in [0.4, 0.5) is 16.2 Å². The van der Waals surface area contributed by atoms with Crippen LogP contribution in [0.15, 0.2) is 66.7 Å². The number of nitrogens with one attached hydrogen (secondary N) is 3. The number of benzene rings is 3. The molecule has 39 heavy (non-hydrogen) atoms. The Morgan fingerprint density at radius 1 is 1.03 bits per heavy atom. The largest absolute Gasteiger partial charge is 0.492 e. The molecule has 2 heterocycles. The fraction of sp³-hybridized carbons (Fsp3) is 0.333. The summed E-state index contributed by atoms with van der Waals surface area (Å²) in [5.41, 5.74) is 6.42. The highest BCUT2D eigenvalue weighted by Gasteiger charge is 2.20. The van der Waals surface area contributed by atoms with Crippen molar-refractivity contribution in [3.05, 3.63) is 72.3 Å². The number of hydrogen-bond acceptors (Lipinski definition) is 5. The lowest BCUT2D eigenvalue weighted by molar-refractivity contribution is 0.200. The Morgan fingerprint density at radius 3 is 2.51 bits per heavy atom. The standard InChI is InChI=1S/C30H35ClN6O2/c1-2-22-6-8-23(9-7-22)29-34-26-4-3-5-27(28(26)35-29)37-18-16-36(17-19-37)20-21-39-25-12-10-24(11-13-25)33-30(38)32-15-14-31/h3-13H,2,14-21H2,1H3,(H,34,35)(H2,32,33,38). The molecule has 1 aromatic heterocycles. The van der Waals surface area contributed by atoms with E-state index in [9.17, 15) is 4.79 Å². The Kier molecular flexibility index (Phi) is 8.85. The van der Waals surface area contributed by atoms with Crippen molar-refractivity contribution in [2.75, 3.05) is 62.0 Å². The maximum absolute atomic E-state index is 11.7. The summed E-state index contributed by atoms with van der Waals surface area (Å²) in [6.45, 7) is 7.89. The molecule has 1 aliphatic heterocycles. The van der Waals surface area contributed by atoms with Crippen LogP contribution < -0.4 is 20.3 Å². The molecule has 204 valence electrons. The first-order chi connectivity index (χ1) is 19.1. The Morgan fingerprint density at radius 2 is 1.79 bits per heavy atom. The van der Waals surface area contributed by atoms with Gasteiger partial charge in [0.1, 0.15) is 23.7 Å². The van der Waals surface area contributed by atoms with E-state index in [0.717, 1.165) is 67.3 Å². The predicted molar refractivity (Wildman–Crippen MR) is 159 cm³/mol. The van der Waals surface area contributed by atoms with E-state index >= 15 is 0 Å². The number of hydrogen-bond donors (Lipinski definition) is 3. The lowest BCUT2D eigenvalue weighted by Gasteiger charge is -2.36. The van der Waals surface area contributed by atoms with Gasteiger partial charge in [-0.05, 0) is 48.4 Å². The van der Waals surface area contributed by atoms with Gasteiger partial charge in [0.25, 0.3) is 0 Å². The predicted octanol–water partition coefficient (Wildman–Crippen LogP) is 5.35. The maximum atomic E-state index is 11.7. The van der Waals surface area contributed by atoms with Gasteiger partial charge in [-0.3, -0.25) is 4.90 Å². The number of imidazole rings is 1. The number of aryl methyl sites for hydroxylation is 1. The number of aromatic nitrogens is 2. The summed E-state index contributed by atoms with van der Waals surface area (Å²) in [6, 6.07) is 22.1. The van der Waals surface area contributed by atoms with Crippen LogP contribution in [-0.4, -0.2) is 72.7 Å². The average Bonchev–Trinajstić information content (AvgIpc) is 3.42. The van der Waals surface area contributed by atoms with Crippen molar-refractivity contribution in [2.24, 2.45) is 0 Å². The molecular weight excluding hydrogens is 512 g/mol. The highest BCUT2D eigenvalue weighted by molar-refractivity contribution is 6.18. The molecule has 3 N–H and O–H groups in total. The number of anilines is 2. The van der Waals surface area contributed by atoms with Crippen LogP contribution in [-0.2, 0) is 6.42 Å². The van der Waals surface area contributed by atoms with Crippen molar-refractivity contribution in [1.82, 2.24) is 20.2 Å². The van der Waals surface area contributed by atoms with E-state index in [2.05, 4.69) is 74.8 Å². The Balaban J connectivity index is 1.11. The van der Waals surface area contributed by atoms with E-state index in [1.165, 1.54) is 11.3 Å². The number of H-pyrrole nitrogens is 1. The quantitative estimate of drug-likeness (QED) is 0.233. The lowest BCUT2D eigenvalue weighted by Crippen LogP contribution is -2.47. The summed E-state index contributed by atoms with van der Waals surface area (Å²) in [5.74, 6) is 2.07. The molecule has 3 aromatic carbocycles. The van der Waals surface area contributed by atoms with Crippen LogP contribution >= 0.6 is 11.6 Å². The summed E-state index contributed by atoms with van der Waals surface area (Å²) in [7, 11) is 0. The number of aromatic amines is 1. The molecule has 1 aliphatic rings. The zero-order chi connectivity index (χ0) is 27.0. The minimum absolute atomic E-state index is 0.269. The van der Waals surface area contributed by atoms with Crippen LogP contribution in [0.5, 0.6) is 5.75 Å². The summed E-state index contributed by atoms with van der Waals surface area (Å²) < 4.78 is 5.95. The summed E-state index contributed by atoms with van der Waals surface area (Å²) in [4.78, 5) is 25.1. The molecular formula is C30H35ClN6O2. The van der Waals surface area contributed by atoms with Gasteiger partial charge in [0.05, 0.1) is 11.2 Å². The molecule has 0 bridgehead atoms. The van der Waals surface area contributed by atoms with Gasteiger partial charge in [-0.25, -0.2) is 9.78 Å². The van der Waals surface area contributed by atoms with E-state index in [1.807, 2.05) is 24.3 Å². The molecule has 9 heteroatoms. The number of amides is 2. The normalized spacial score (nSPS) is 13.9. The van der Waals surface area contributed by atoms with E-state index in [-0.39, 0.29) is 6.03 Å². The van der Waals surface area contributed by atoms with Crippen LogP contribution in [0, 0.1) is 0 Å². The van der Waals surface area contributed by atoms with Crippen LogP contribution in [0.1, 0.15) is 12.5 Å². The number of rotatable bonds is 10. The SMILES string of the molecule is CCc1ccc(-c2nc3c(N4CCN(CCOc5ccc(NC(=O)NCCCl)cc5)CC4)cccc3[nH]2)cc1. The van der Waals surface area contributed by atoms with Crippen molar-refractivity contribution >= 4 is 40.0 Å². The first-order valence-electron chi connectivity index (χ1n) is 13.5. The summed E-state index contributed by atoms with van der Waals surface area (Å²) in [5, 5.41) is 5.44. The van der Waals surface area contributed by atoms with Crippen molar-refractivity contribution in [1.29, 1.82) is 0 Å². The highest BCUT2D eigenvalue weighted by atomic mass is 35.5. The molecule has 0 spiro atoms. The smallest absolute Gasteiger partial charge is 0.319 e. The fourth-order valence-corrected chi connectivity index (χ4v) is 4.88. The minimum atomic E-state index is -0.269. The van der Waals surface area contributed by atoms with Gasteiger partial charge in [-0.2, -0.15) is 0 Å². The van der Waals surface area contributed by atoms with E-state index < -0.39 is 0 Å². The molecule has 0 unspecified atom stereocenters. The minimum Gasteiger partial charge on any atom is -0.492 e. The third-order valence-corrected chi connectivity index (χ3v) is 7.20. The molecule has 8 nitrogen and oxygen atoms in total. The number of ether oxygens (including phenoxy) is 1. The first-order valence-corrected chi connectivity index (χ1v) is 14.1. The van der Waals surface area contributed by atoms with Gasteiger partial charge in [0.2, 0.25) is 0 Å². The number of halogens is 1. The zero-order valence-corrected chi connectivity index (χ0v) is 23.0. The summed E-state index contributed by atoms with van der Waals surface area (Å²) >= 11 is 5.59. The van der Waals surface area contributed by atoms with E-state index in [0.29, 0.717) is 24.7 Å². The van der Waals surface area contributed by atoms with Gasteiger partial charge in [-0.1, -0.05) is 37.3 Å². The molecule has 1 fully saturated rings. The second-order valence-corrected chi connectivity index (χ2v) is 9.96. The van der Waals surface area contributed by atoms with Gasteiger partial charge in [-0.15, -0.1) is 11.6 Å². The van der Waals surface area contributed by atoms with Crippen LogP contribution in [0.25, 0.3) is 22.4 Å².